The molecule has 0 fully saturated rings. The maximum Gasteiger partial charge on any atom is 0.0931 e. The molecule has 0 aliphatic heterocycles. The summed E-state index contributed by atoms with van der Waals surface area (Å²) in [4.78, 5) is 7.42. The Morgan fingerprint density at radius 2 is 2.21 bits per heavy atom. The third kappa shape index (κ3) is 3.55. The van der Waals surface area contributed by atoms with Gasteiger partial charge in [-0.25, -0.2) is 4.98 Å². The van der Waals surface area contributed by atoms with E-state index < -0.39 is 0 Å². The van der Waals surface area contributed by atoms with Crippen LogP contribution in [-0.2, 0) is 5.41 Å². The Hall–Kier alpha value is -1.39. The Bertz CT molecular complexity index is 528. The number of nitrogens with two attached hydrogens (primary N) is 1. The molecule has 1 unspecified atom stereocenters. The second kappa shape index (κ2) is 5.72. The van der Waals surface area contributed by atoms with Gasteiger partial charge in [0.25, 0.3) is 0 Å². The van der Waals surface area contributed by atoms with Gasteiger partial charge in [-0.1, -0.05) is 19.9 Å². The zero-order chi connectivity index (χ0) is 13.9. The first-order valence-electron chi connectivity index (χ1n) is 6.89. The molecule has 0 amide bonds. The van der Waals surface area contributed by atoms with Gasteiger partial charge < -0.3 is 16.0 Å². The number of benzene rings is 1. The van der Waals surface area contributed by atoms with E-state index >= 15 is 0 Å². The Labute approximate surface area is 114 Å². The fourth-order valence-electron chi connectivity index (χ4n) is 2.19. The number of aromatic amines is 1. The molecular formula is C15H24N4. The normalized spacial score (nSPS) is 13.9. The highest BCUT2D eigenvalue weighted by Gasteiger charge is 2.20. The van der Waals surface area contributed by atoms with Gasteiger partial charge in [0.05, 0.1) is 17.4 Å². The van der Waals surface area contributed by atoms with E-state index in [9.17, 15) is 0 Å². The van der Waals surface area contributed by atoms with Gasteiger partial charge in [-0.3, -0.25) is 0 Å². The number of fused-ring (bicyclic) bond motifs is 1. The van der Waals surface area contributed by atoms with Crippen molar-refractivity contribution in [2.75, 3.05) is 13.1 Å². The van der Waals surface area contributed by atoms with Crippen LogP contribution in [0.5, 0.6) is 0 Å². The molecule has 4 N–H and O–H groups in total. The van der Waals surface area contributed by atoms with Gasteiger partial charge in [0.2, 0.25) is 0 Å². The van der Waals surface area contributed by atoms with Gasteiger partial charge >= 0.3 is 0 Å². The van der Waals surface area contributed by atoms with Crippen molar-refractivity contribution < 1.29 is 0 Å². The number of nitrogens with zero attached hydrogens (tertiary/aromatic N) is 1. The van der Waals surface area contributed by atoms with Gasteiger partial charge in [-0.15, -0.1) is 0 Å². The Morgan fingerprint density at radius 1 is 1.42 bits per heavy atom. The molecule has 19 heavy (non-hydrogen) atoms. The number of aromatic nitrogens is 2. The van der Waals surface area contributed by atoms with Crippen LogP contribution >= 0.6 is 0 Å². The van der Waals surface area contributed by atoms with Crippen LogP contribution in [0.4, 0.5) is 0 Å². The van der Waals surface area contributed by atoms with E-state index in [4.69, 9.17) is 5.73 Å². The van der Waals surface area contributed by atoms with Crippen molar-refractivity contribution in [1.82, 2.24) is 15.3 Å². The lowest BCUT2D eigenvalue weighted by Gasteiger charge is -2.26. The minimum absolute atomic E-state index is 0.0944. The average molecular weight is 260 g/mol. The molecule has 0 radical (unpaired) electrons. The van der Waals surface area contributed by atoms with Gasteiger partial charge in [-0.2, -0.15) is 0 Å². The van der Waals surface area contributed by atoms with E-state index in [1.54, 1.807) is 6.33 Å². The number of H-pyrrole nitrogens is 1. The maximum absolute atomic E-state index is 5.75. The van der Waals surface area contributed by atoms with Gasteiger partial charge in [0.1, 0.15) is 0 Å². The molecule has 0 saturated carbocycles. The molecular weight excluding hydrogens is 236 g/mol. The van der Waals surface area contributed by atoms with E-state index in [2.05, 4.69) is 47.3 Å². The van der Waals surface area contributed by atoms with Crippen molar-refractivity contribution in [3.63, 3.8) is 0 Å². The molecule has 2 aromatic rings. The molecule has 104 valence electrons. The van der Waals surface area contributed by atoms with Crippen molar-refractivity contribution in [2.45, 2.75) is 38.6 Å². The predicted octanol–water partition coefficient (Wildman–Crippen LogP) is 2.17. The smallest absolute Gasteiger partial charge is 0.0931 e. The minimum Gasteiger partial charge on any atom is -0.345 e. The maximum atomic E-state index is 5.75. The van der Waals surface area contributed by atoms with E-state index in [0.29, 0.717) is 0 Å². The number of rotatable bonds is 6. The number of hydrogen-bond donors (Lipinski definition) is 3. The molecule has 2 rings (SSSR count). The highest BCUT2D eigenvalue weighted by atomic mass is 14.9. The van der Waals surface area contributed by atoms with Gasteiger partial charge in [0, 0.05) is 18.0 Å². The molecule has 0 bridgehead atoms. The highest BCUT2D eigenvalue weighted by Crippen LogP contribution is 2.24. The second-order valence-electron chi connectivity index (χ2n) is 5.96. The summed E-state index contributed by atoms with van der Waals surface area (Å²) in [5.41, 5.74) is 9.28. The first kappa shape index (κ1) is 14.0. The van der Waals surface area contributed by atoms with Crippen molar-refractivity contribution in [1.29, 1.82) is 0 Å². The summed E-state index contributed by atoms with van der Waals surface area (Å²) in [6.07, 6.45) is 2.75. The third-order valence-electron chi connectivity index (χ3n) is 3.55. The number of imidazole rings is 1. The lowest BCUT2D eigenvalue weighted by Crippen LogP contribution is -2.35. The monoisotopic (exact) mass is 260 g/mol. The molecule has 1 atom stereocenters. The summed E-state index contributed by atoms with van der Waals surface area (Å²) in [5, 5.41) is 3.49. The quantitative estimate of drug-likeness (QED) is 0.697. The van der Waals surface area contributed by atoms with E-state index in [0.717, 1.165) is 30.5 Å². The predicted molar refractivity (Wildman–Crippen MR) is 80.3 cm³/mol. The molecule has 4 nitrogen and oxygen atoms in total. The second-order valence-corrected chi connectivity index (χ2v) is 5.96. The summed E-state index contributed by atoms with van der Waals surface area (Å²) < 4.78 is 0. The topological polar surface area (TPSA) is 66.7 Å². The Morgan fingerprint density at radius 3 is 2.95 bits per heavy atom. The van der Waals surface area contributed by atoms with E-state index in [1.807, 2.05) is 6.92 Å². The highest BCUT2D eigenvalue weighted by molar-refractivity contribution is 5.75. The van der Waals surface area contributed by atoms with Crippen molar-refractivity contribution in [3.05, 3.63) is 30.1 Å². The molecule has 1 aromatic carbocycles. The lowest BCUT2D eigenvalue weighted by atomic mass is 9.84. The SMILES string of the molecule is CC(N)CCNCC(C)(C)c1ccc2nc[nH]c2c1. The Kier molecular flexibility index (Phi) is 4.22. The standard InChI is InChI=1S/C15H24N4/c1-11(16)6-7-17-9-15(2,3)12-4-5-13-14(8-12)19-10-18-13/h4-5,8,10-11,17H,6-7,9,16H2,1-3H3,(H,18,19). The molecule has 0 aliphatic carbocycles. The first-order chi connectivity index (χ1) is 8.99. The average Bonchev–Trinajstić information content (AvgIpc) is 2.81. The summed E-state index contributed by atoms with van der Waals surface area (Å²) >= 11 is 0. The lowest BCUT2D eigenvalue weighted by molar-refractivity contribution is 0.459. The summed E-state index contributed by atoms with van der Waals surface area (Å²) in [6, 6.07) is 6.69. The number of hydrogen-bond acceptors (Lipinski definition) is 3. The van der Waals surface area contributed by atoms with Crippen LogP contribution in [-0.4, -0.2) is 29.1 Å². The van der Waals surface area contributed by atoms with Crippen LogP contribution < -0.4 is 11.1 Å². The fourth-order valence-corrected chi connectivity index (χ4v) is 2.19. The largest absolute Gasteiger partial charge is 0.345 e. The van der Waals surface area contributed by atoms with Gasteiger partial charge in [0.15, 0.2) is 0 Å². The first-order valence-corrected chi connectivity index (χ1v) is 6.89. The fraction of sp³-hybridized carbons (Fsp3) is 0.533. The molecule has 1 aromatic heterocycles. The molecule has 4 heteroatoms. The van der Waals surface area contributed by atoms with Crippen molar-refractivity contribution >= 4 is 11.0 Å². The van der Waals surface area contributed by atoms with Crippen LogP contribution in [0.1, 0.15) is 32.8 Å². The van der Waals surface area contributed by atoms with Gasteiger partial charge in [-0.05, 0) is 37.6 Å². The summed E-state index contributed by atoms with van der Waals surface area (Å²) in [7, 11) is 0. The number of nitrogens with one attached hydrogen (secondary N) is 2. The zero-order valence-electron chi connectivity index (χ0n) is 12.0. The van der Waals surface area contributed by atoms with Crippen LogP contribution in [0.3, 0.4) is 0 Å². The van der Waals surface area contributed by atoms with Crippen LogP contribution in [0.15, 0.2) is 24.5 Å². The molecule has 0 spiro atoms. The summed E-state index contributed by atoms with van der Waals surface area (Å²) in [6.45, 7) is 8.46. The van der Waals surface area contributed by atoms with E-state index in [1.165, 1.54) is 5.56 Å². The zero-order valence-corrected chi connectivity index (χ0v) is 12.0. The van der Waals surface area contributed by atoms with Crippen molar-refractivity contribution in [2.24, 2.45) is 5.73 Å². The minimum atomic E-state index is 0.0944. The van der Waals surface area contributed by atoms with Crippen LogP contribution in [0.2, 0.25) is 0 Å². The van der Waals surface area contributed by atoms with Crippen LogP contribution in [0.25, 0.3) is 11.0 Å². The third-order valence-corrected chi connectivity index (χ3v) is 3.55. The van der Waals surface area contributed by atoms with E-state index in [-0.39, 0.29) is 11.5 Å². The Balaban J connectivity index is 2.01. The molecule has 1 heterocycles. The molecule has 0 aliphatic rings. The molecule has 0 saturated heterocycles. The van der Waals surface area contributed by atoms with Crippen molar-refractivity contribution in [3.8, 4) is 0 Å². The van der Waals surface area contributed by atoms with Crippen LogP contribution in [0, 0.1) is 0 Å². The summed E-state index contributed by atoms with van der Waals surface area (Å²) in [5.74, 6) is 0.